The molecule has 2 atom stereocenters. The van der Waals surface area contributed by atoms with Gasteiger partial charge in [0.15, 0.2) is 21.6 Å². The third-order valence-corrected chi connectivity index (χ3v) is 8.26. The monoisotopic (exact) mass is 446 g/mol. The predicted octanol–water partition coefficient (Wildman–Crippen LogP) is 2.37. The zero-order valence-corrected chi connectivity index (χ0v) is 18.1. The topological polar surface area (TPSA) is 85.3 Å². The summed E-state index contributed by atoms with van der Waals surface area (Å²) < 4.78 is 34.9. The van der Waals surface area contributed by atoms with Gasteiger partial charge < -0.3 is 14.4 Å². The first-order chi connectivity index (χ1) is 14.4. The summed E-state index contributed by atoms with van der Waals surface area (Å²) in [5, 5.41) is 0.437. The maximum atomic E-state index is 12.4. The van der Waals surface area contributed by atoms with Crippen LogP contribution in [0.2, 0.25) is 0 Å². The highest BCUT2D eigenvalue weighted by Crippen LogP contribution is 2.39. The molecular weight excluding hydrogens is 424 g/mol. The van der Waals surface area contributed by atoms with Gasteiger partial charge in [0, 0.05) is 11.8 Å². The molecule has 0 spiro atoms. The van der Waals surface area contributed by atoms with Crippen LogP contribution in [0.1, 0.15) is 5.56 Å². The van der Waals surface area contributed by atoms with Gasteiger partial charge in [-0.25, -0.2) is 8.42 Å². The van der Waals surface area contributed by atoms with Crippen LogP contribution in [0.4, 0.5) is 0 Å². The molecule has 0 radical (unpaired) electrons. The lowest BCUT2D eigenvalue weighted by Gasteiger charge is -2.24. The Morgan fingerprint density at radius 2 is 1.83 bits per heavy atom. The van der Waals surface area contributed by atoms with Crippen LogP contribution < -0.4 is 9.47 Å². The number of amidine groups is 1. The predicted molar refractivity (Wildman–Crippen MR) is 117 cm³/mol. The Balaban J connectivity index is 1.51. The van der Waals surface area contributed by atoms with Crippen molar-refractivity contribution in [1.29, 1.82) is 0 Å². The van der Waals surface area contributed by atoms with E-state index in [0.717, 1.165) is 11.3 Å². The van der Waals surface area contributed by atoms with Gasteiger partial charge in [-0.15, -0.1) is 0 Å². The van der Waals surface area contributed by atoms with Crippen molar-refractivity contribution in [2.45, 2.75) is 17.8 Å². The standard InChI is InChI=1S/C21H22N2O5S2/c1-27-16-9-7-15(8-10-16)11-23-18-13-30(25,26)14-19(18)29-21(23)22-20(24)12-28-17-5-3-2-4-6-17/h2-10,18-19H,11-14H2,1H3/t18-,19-/m0/s1. The lowest BCUT2D eigenvalue weighted by atomic mass is 10.1. The van der Waals surface area contributed by atoms with Crippen molar-refractivity contribution >= 4 is 32.7 Å². The fourth-order valence-corrected chi connectivity index (χ4v) is 7.52. The zero-order chi connectivity index (χ0) is 21.1. The summed E-state index contributed by atoms with van der Waals surface area (Å²) in [5.41, 5.74) is 0.988. The van der Waals surface area contributed by atoms with Crippen molar-refractivity contribution in [3.8, 4) is 11.5 Å². The number of fused-ring (bicyclic) bond motifs is 1. The smallest absolute Gasteiger partial charge is 0.285 e. The molecule has 0 bridgehead atoms. The molecule has 2 heterocycles. The normalized spacial score (nSPS) is 23.4. The second kappa shape index (κ2) is 8.69. The summed E-state index contributed by atoms with van der Waals surface area (Å²) in [5.74, 6) is 1.13. The van der Waals surface area contributed by atoms with E-state index in [-0.39, 0.29) is 29.4 Å². The molecule has 0 saturated carbocycles. The van der Waals surface area contributed by atoms with E-state index in [1.165, 1.54) is 11.8 Å². The number of methoxy groups -OCH3 is 1. The number of amides is 1. The Labute approximate surface area is 180 Å². The number of thioether (sulfide) groups is 1. The molecule has 4 rings (SSSR count). The van der Waals surface area contributed by atoms with Gasteiger partial charge in [0.2, 0.25) is 0 Å². The van der Waals surface area contributed by atoms with Gasteiger partial charge in [-0.2, -0.15) is 4.99 Å². The number of hydrogen-bond acceptors (Lipinski definition) is 6. The molecule has 30 heavy (non-hydrogen) atoms. The number of carbonyl (C=O) groups excluding carboxylic acids is 1. The van der Waals surface area contributed by atoms with Gasteiger partial charge in [-0.05, 0) is 29.8 Å². The number of benzene rings is 2. The second-order valence-corrected chi connectivity index (χ2v) is 10.5. The molecule has 2 saturated heterocycles. The average Bonchev–Trinajstić information content (AvgIpc) is 3.19. The van der Waals surface area contributed by atoms with Crippen molar-refractivity contribution in [1.82, 2.24) is 4.90 Å². The van der Waals surface area contributed by atoms with Crippen LogP contribution in [0.15, 0.2) is 59.6 Å². The minimum absolute atomic E-state index is 0.0779. The van der Waals surface area contributed by atoms with Gasteiger partial charge in [-0.3, -0.25) is 4.79 Å². The first-order valence-electron chi connectivity index (χ1n) is 9.49. The molecule has 2 fully saturated rings. The molecule has 0 N–H and O–H groups in total. The molecule has 0 unspecified atom stereocenters. The molecule has 2 aromatic carbocycles. The van der Waals surface area contributed by atoms with Gasteiger partial charge >= 0.3 is 0 Å². The molecule has 0 aromatic heterocycles. The summed E-state index contributed by atoms with van der Waals surface area (Å²) in [6.45, 7) is 0.303. The van der Waals surface area contributed by atoms with Crippen LogP contribution in [0.3, 0.4) is 0 Å². The number of hydrogen-bond donors (Lipinski definition) is 0. The molecular formula is C21H22N2O5S2. The number of para-hydroxylation sites is 1. The SMILES string of the molecule is COc1ccc(CN2C(=NC(=O)COc3ccccc3)S[C@H]3CS(=O)(=O)C[C@@H]32)cc1. The Hall–Kier alpha value is -2.52. The average molecular weight is 447 g/mol. The third kappa shape index (κ3) is 4.79. The highest BCUT2D eigenvalue weighted by Gasteiger charge is 2.48. The van der Waals surface area contributed by atoms with Crippen LogP contribution >= 0.6 is 11.8 Å². The highest BCUT2D eigenvalue weighted by molar-refractivity contribution is 8.15. The molecule has 9 heteroatoms. The van der Waals surface area contributed by atoms with Crippen LogP contribution in [-0.2, 0) is 21.2 Å². The van der Waals surface area contributed by atoms with Crippen LogP contribution in [0, 0.1) is 0 Å². The van der Waals surface area contributed by atoms with E-state index < -0.39 is 15.7 Å². The van der Waals surface area contributed by atoms with Gasteiger partial charge in [0.05, 0.1) is 24.7 Å². The van der Waals surface area contributed by atoms with E-state index in [9.17, 15) is 13.2 Å². The molecule has 2 aromatic rings. The van der Waals surface area contributed by atoms with Crippen LogP contribution in [-0.4, -0.2) is 60.9 Å². The third-order valence-electron chi connectivity index (χ3n) is 5.01. The number of sulfone groups is 1. The summed E-state index contributed by atoms with van der Waals surface area (Å²) in [6.07, 6.45) is 0. The first kappa shape index (κ1) is 20.7. The lowest BCUT2D eigenvalue weighted by Crippen LogP contribution is -2.37. The van der Waals surface area contributed by atoms with E-state index >= 15 is 0 Å². The zero-order valence-electron chi connectivity index (χ0n) is 16.4. The highest BCUT2D eigenvalue weighted by atomic mass is 32.2. The van der Waals surface area contributed by atoms with E-state index in [1.54, 1.807) is 19.2 Å². The van der Waals surface area contributed by atoms with Crippen molar-refractivity contribution < 1.29 is 22.7 Å². The first-order valence-corrected chi connectivity index (χ1v) is 12.2. The minimum Gasteiger partial charge on any atom is -0.497 e. The van der Waals surface area contributed by atoms with Crippen molar-refractivity contribution in [3.05, 3.63) is 60.2 Å². The minimum atomic E-state index is -3.09. The number of carbonyl (C=O) groups is 1. The Morgan fingerprint density at radius 1 is 1.10 bits per heavy atom. The molecule has 158 valence electrons. The van der Waals surface area contributed by atoms with E-state index in [0.29, 0.717) is 17.5 Å². The van der Waals surface area contributed by atoms with Crippen LogP contribution in [0.5, 0.6) is 11.5 Å². The summed E-state index contributed by atoms with van der Waals surface area (Å²) in [6, 6.07) is 16.5. The molecule has 2 aliphatic rings. The number of ether oxygens (including phenoxy) is 2. The molecule has 7 nitrogen and oxygen atoms in total. The van der Waals surface area contributed by atoms with E-state index in [4.69, 9.17) is 9.47 Å². The van der Waals surface area contributed by atoms with Crippen molar-refractivity contribution in [3.63, 3.8) is 0 Å². The number of rotatable bonds is 6. The maximum Gasteiger partial charge on any atom is 0.285 e. The largest absolute Gasteiger partial charge is 0.497 e. The van der Waals surface area contributed by atoms with Crippen molar-refractivity contribution in [2.75, 3.05) is 25.2 Å². The quantitative estimate of drug-likeness (QED) is 0.673. The lowest BCUT2D eigenvalue weighted by molar-refractivity contribution is -0.119. The van der Waals surface area contributed by atoms with E-state index in [1.807, 2.05) is 47.4 Å². The fraction of sp³-hybridized carbons (Fsp3) is 0.333. The second-order valence-electron chi connectivity index (χ2n) is 7.17. The Bertz CT molecular complexity index is 1040. The molecule has 2 aliphatic heterocycles. The number of nitrogens with zero attached hydrogens (tertiary/aromatic N) is 2. The number of aliphatic imine (C=N–C) groups is 1. The van der Waals surface area contributed by atoms with Crippen molar-refractivity contribution in [2.24, 2.45) is 4.99 Å². The Morgan fingerprint density at radius 3 is 2.53 bits per heavy atom. The van der Waals surface area contributed by atoms with Gasteiger partial charge in [-0.1, -0.05) is 42.1 Å². The molecule has 1 amide bonds. The van der Waals surface area contributed by atoms with Crippen LogP contribution in [0.25, 0.3) is 0 Å². The fourth-order valence-electron chi connectivity index (χ4n) is 3.55. The van der Waals surface area contributed by atoms with E-state index in [2.05, 4.69) is 4.99 Å². The molecule has 0 aliphatic carbocycles. The maximum absolute atomic E-state index is 12.4. The summed E-state index contributed by atoms with van der Waals surface area (Å²) >= 11 is 1.36. The van der Waals surface area contributed by atoms with Gasteiger partial charge in [0.25, 0.3) is 5.91 Å². The van der Waals surface area contributed by atoms with Gasteiger partial charge in [0.1, 0.15) is 11.5 Å². The Kier molecular flexibility index (Phi) is 6.01. The summed E-state index contributed by atoms with van der Waals surface area (Å²) in [4.78, 5) is 18.6. The summed E-state index contributed by atoms with van der Waals surface area (Å²) in [7, 11) is -1.48.